The van der Waals surface area contributed by atoms with Gasteiger partial charge in [-0.3, -0.25) is 9.79 Å². The van der Waals surface area contributed by atoms with Crippen molar-refractivity contribution < 1.29 is 4.79 Å². The fourth-order valence-electron chi connectivity index (χ4n) is 4.46. The SMILES string of the molecule is CN=C(NC1CC1Cc1ccccc1)N1CCCC2(CNC(=O)C2)C1. The lowest BCUT2D eigenvalue weighted by Gasteiger charge is -2.40. The number of hydrogen-bond donors (Lipinski definition) is 2. The van der Waals surface area contributed by atoms with E-state index in [0.717, 1.165) is 44.9 Å². The van der Waals surface area contributed by atoms with Crippen LogP contribution in [0.2, 0.25) is 0 Å². The maximum atomic E-state index is 11.7. The predicted octanol–water partition coefficient (Wildman–Crippen LogP) is 1.80. The Labute approximate surface area is 149 Å². The van der Waals surface area contributed by atoms with E-state index in [0.29, 0.717) is 18.4 Å². The number of amides is 1. The molecule has 3 atom stereocenters. The van der Waals surface area contributed by atoms with Gasteiger partial charge in [-0.25, -0.2) is 0 Å². The van der Waals surface area contributed by atoms with Gasteiger partial charge in [-0.1, -0.05) is 30.3 Å². The third-order valence-electron chi connectivity index (χ3n) is 5.95. The van der Waals surface area contributed by atoms with Crippen molar-refractivity contribution in [3.05, 3.63) is 35.9 Å². The summed E-state index contributed by atoms with van der Waals surface area (Å²) < 4.78 is 0. The second-order valence-electron chi connectivity index (χ2n) is 7.96. The normalized spacial score (nSPS) is 32.0. The molecule has 0 aromatic heterocycles. The Hall–Kier alpha value is -2.04. The summed E-state index contributed by atoms with van der Waals surface area (Å²) in [6, 6.07) is 11.3. The van der Waals surface area contributed by atoms with Crippen molar-refractivity contribution in [1.29, 1.82) is 0 Å². The molecule has 2 N–H and O–H groups in total. The van der Waals surface area contributed by atoms with Gasteiger partial charge in [-0.15, -0.1) is 0 Å². The fourth-order valence-corrected chi connectivity index (χ4v) is 4.46. The van der Waals surface area contributed by atoms with Crippen LogP contribution < -0.4 is 10.6 Å². The molecule has 25 heavy (non-hydrogen) atoms. The Bertz CT molecular complexity index is 659. The number of nitrogens with one attached hydrogen (secondary N) is 2. The van der Waals surface area contributed by atoms with Crippen molar-refractivity contribution >= 4 is 11.9 Å². The predicted molar refractivity (Wildman–Crippen MR) is 99.4 cm³/mol. The van der Waals surface area contributed by atoms with Gasteiger partial charge >= 0.3 is 0 Å². The molecule has 2 aliphatic heterocycles. The molecule has 134 valence electrons. The molecular weight excluding hydrogens is 312 g/mol. The van der Waals surface area contributed by atoms with Gasteiger partial charge in [0, 0.05) is 44.6 Å². The molecule has 1 amide bonds. The Morgan fingerprint density at radius 3 is 2.96 bits per heavy atom. The number of piperidine rings is 1. The Morgan fingerprint density at radius 1 is 1.40 bits per heavy atom. The summed E-state index contributed by atoms with van der Waals surface area (Å²) in [5.41, 5.74) is 1.53. The molecule has 0 bridgehead atoms. The molecule has 3 aliphatic rings. The van der Waals surface area contributed by atoms with Crippen molar-refractivity contribution in [2.75, 3.05) is 26.7 Å². The lowest BCUT2D eigenvalue weighted by atomic mass is 9.79. The molecule has 1 aromatic rings. The maximum Gasteiger partial charge on any atom is 0.220 e. The number of carbonyl (C=O) groups excluding carboxylic acids is 1. The van der Waals surface area contributed by atoms with Crippen LogP contribution >= 0.6 is 0 Å². The van der Waals surface area contributed by atoms with E-state index in [2.05, 4.69) is 50.9 Å². The van der Waals surface area contributed by atoms with Crippen molar-refractivity contribution in [3.63, 3.8) is 0 Å². The minimum absolute atomic E-state index is 0.111. The topological polar surface area (TPSA) is 56.7 Å². The number of guanidine groups is 1. The summed E-state index contributed by atoms with van der Waals surface area (Å²) >= 11 is 0. The largest absolute Gasteiger partial charge is 0.355 e. The van der Waals surface area contributed by atoms with E-state index in [1.807, 2.05) is 7.05 Å². The van der Waals surface area contributed by atoms with Gasteiger partial charge in [-0.2, -0.15) is 0 Å². The summed E-state index contributed by atoms with van der Waals surface area (Å²) in [5, 5.41) is 6.69. The highest BCUT2D eigenvalue weighted by molar-refractivity contribution is 5.82. The monoisotopic (exact) mass is 340 g/mol. The minimum atomic E-state index is 0.111. The van der Waals surface area contributed by atoms with Crippen LogP contribution in [0.3, 0.4) is 0 Å². The summed E-state index contributed by atoms with van der Waals surface area (Å²) in [6.45, 7) is 2.78. The highest BCUT2D eigenvalue weighted by atomic mass is 16.1. The van der Waals surface area contributed by atoms with E-state index in [4.69, 9.17) is 0 Å². The third kappa shape index (κ3) is 3.65. The summed E-state index contributed by atoms with van der Waals surface area (Å²) in [6.07, 6.45) is 5.29. The van der Waals surface area contributed by atoms with E-state index in [1.54, 1.807) is 0 Å². The van der Waals surface area contributed by atoms with Crippen molar-refractivity contribution in [2.45, 2.75) is 38.1 Å². The van der Waals surface area contributed by atoms with Gasteiger partial charge in [0.2, 0.25) is 5.91 Å². The van der Waals surface area contributed by atoms with Crippen LogP contribution in [-0.2, 0) is 11.2 Å². The summed E-state index contributed by atoms with van der Waals surface area (Å²) in [5.74, 6) is 1.92. The highest BCUT2D eigenvalue weighted by Crippen LogP contribution is 2.37. The van der Waals surface area contributed by atoms with Crippen molar-refractivity contribution in [3.8, 4) is 0 Å². The van der Waals surface area contributed by atoms with Gasteiger partial charge in [-0.05, 0) is 37.2 Å². The number of rotatable bonds is 3. The molecule has 3 fully saturated rings. The zero-order chi connectivity index (χ0) is 17.3. The molecule has 2 saturated heterocycles. The molecule has 1 aliphatic carbocycles. The van der Waals surface area contributed by atoms with Gasteiger partial charge in [0.05, 0.1) is 0 Å². The number of likely N-dealkylation sites (tertiary alicyclic amines) is 1. The van der Waals surface area contributed by atoms with Gasteiger partial charge in [0.15, 0.2) is 5.96 Å². The summed E-state index contributed by atoms with van der Waals surface area (Å²) in [7, 11) is 1.87. The van der Waals surface area contributed by atoms with Gasteiger partial charge < -0.3 is 15.5 Å². The van der Waals surface area contributed by atoms with Crippen LogP contribution in [-0.4, -0.2) is 49.5 Å². The molecule has 3 unspecified atom stereocenters. The van der Waals surface area contributed by atoms with E-state index >= 15 is 0 Å². The van der Waals surface area contributed by atoms with Crippen LogP contribution in [0.15, 0.2) is 35.3 Å². The molecule has 0 radical (unpaired) electrons. The summed E-state index contributed by atoms with van der Waals surface area (Å²) in [4.78, 5) is 18.6. The fraction of sp³-hybridized carbons (Fsp3) is 0.600. The molecule has 5 nitrogen and oxygen atoms in total. The number of aliphatic imine (C=N–C) groups is 1. The van der Waals surface area contributed by atoms with Gasteiger partial charge in [0.25, 0.3) is 0 Å². The van der Waals surface area contributed by atoms with E-state index in [1.165, 1.54) is 12.0 Å². The first kappa shape index (κ1) is 16.4. The first-order valence-corrected chi connectivity index (χ1v) is 9.46. The second kappa shape index (κ2) is 6.70. The van der Waals surface area contributed by atoms with Crippen LogP contribution in [0.5, 0.6) is 0 Å². The Morgan fingerprint density at radius 2 is 2.24 bits per heavy atom. The smallest absolute Gasteiger partial charge is 0.220 e. The van der Waals surface area contributed by atoms with Crippen LogP contribution in [0, 0.1) is 11.3 Å². The highest BCUT2D eigenvalue weighted by Gasteiger charge is 2.44. The molecular formula is C20H28N4O. The number of hydrogen-bond acceptors (Lipinski definition) is 2. The van der Waals surface area contributed by atoms with Crippen LogP contribution in [0.25, 0.3) is 0 Å². The van der Waals surface area contributed by atoms with Crippen molar-refractivity contribution in [2.24, 2.45) is 16.3 Å². The maximum absolute atomic E-state index is 11.7. The number of benzene rings is 1. The Kier molecular flexibility index (Phi) is 4.40. The zero-order valence-electron chi connectivity index (χ0n) is 15.0. The first-order chi connectivity index (χ1) is 12.2. The van der Waals surface area contributed by atoms with E-state index < -0.39 is 0 Å². The van der Waals surface area contributed by atoms with Crippen LogP contribution in [0.1, 0.15) is 31.2 Å². The minimum Gasteiger partial charge on any atom is -0.355 e. The average molecular weight is 340 g/mol. The van der Waals surface area contributed by atoms with E-state index in [-0.39, 0.29) is 11.3 Å². The number of carbonyl (C=O) groups is 1. The second-order valence-corrected chi connectivity index (χ2v) is 7.96. The number of nitrogens with zero attached hydrogens (tertiary/aromatic N) is 2. The third-order valence-corrected chi connectivity index (χ3v) is 5.95. The lowest BCUT2D eigenvalue weighted by molar-refractivity contribution is -0.119. The molecule has 1 saturated carbocycles. The van der Waals surface area contributed by atoms with E-state index in [9.17, 15) is 4.79 Å². The molecule has 1 spiro atoms. The van der Waals surface area contributed by atoms with Crippen LogP contribution in [0.4, 0.5) is 0 Å². The quantitative estimate of drug-likeness (QED) is 0.652. The molecule has 4 rings (SSSR count). The molecule has 5 heteroatoms. The lowest BCUT2D eigenvalue weighted by Crippen LogP contribution is -2.51. The van der Waals surface area contributed by atoms with Gasteiger partial charge in [0.1, 0.15) is 0 Å². The molecule has 1 aromatic carbocycles. The zero-order valence-corrected chi connectivity index (χ0v) is 15.0. The Balaban J connectivity index is 1.33. The molecule has 2 heterocycles. The average Bonchev–Trinajstić information content (AvgIpc) is 3.26. The standard InChI is InChI=1S/C20H28N4O/c1-21-19(23-17-11-16(17)10-15-6-3-2-4-7-15)24-9-5-8-20(14-24)12-18(25)22-13-20/h2-4,6-7,16-17H,5,8-14H2,1H3,(H,21,23)(H,22,25). The van der Waals surface area contributed by atoms with Crippen molar-refractivity contribution in [1.82, 2.24) is 15.5 Å². The first-order valence-electron chi connectivity index (χ1n) is 9.46.